The molecule has 2 amide bonds. The van der Waals surface area contributed by atoms with Crippen LogP contribution in [0.25, 0.3) is 0 Å². The normalized spacial score (nSPS) is 10.8. The number of sulfonamides is 1. The molecule has 0 aliphatic carbocycles. The molecule has 0 aromatic heterocycles. The SMILES string of the molecule is CC(=O)Nc1cccc(NC(=O)c2ccc(NS(=O)(=O)c3ccc(C)c([N+](=O)[O-])c3)cc2)c1. The second-order valence-electron chi connectivity index (χ2n) is 7.10. The van der Waals surface area contributed by atoms with Gasteiger partial charge >= 0.3 is 0 Å². The molecule has 11 heteroatoms. The van der Waals surface area contributed by atoms with Crippen molar-refractivity contribution in [1.82, 2.24) is 0 Å². The van der Waals surface area contributed by atoms with Crippen LogP contribution in [0.4, 0.5) is 22.7 Å². The number of nitrogens with zero attached hydrogens (tertiary/aromatic N) is 1. The van der Waals surface area contributed by atoms with Gasteiger partial charge in [0, 0.05) is 41.2 Å². The van der Waals surface area contributed by atoms with Crippen LogP contribution in [0.1, 0.15) is 22.8 Å². The minimum atomic E-state index is -4.07. The zero-order valence-electron chi connectivity index (χ0n) is 17.7. The lowest BCUT2D eigenvalue weighted by Gasteiger charge is -2.10. The number of aryl methyl sites for hydroxylation is 1. The molecule has 0 saturated carbocycles. The zero-order valence-corrected chi connectivity index (χ0v) is 18.5. The number of carbonyl (C=O) groups is 2. The summed E-state index contributed by atoms with van der Waals surface area (Å²) in [6.07, 6.45) is 0. The summed E-state index contributed by atoms with van der Waals surface area (Å²) in [5.41, 5.74) is 1.50. The first-order valence-electron chi connectivity index (χ1n) is 9.62. The van der Waals surface area contributed by atoms with Gasteiger partial charge in [-0.3, -0.25) is 24.4 Å². The third kappa shape index (κ3) is 5.92. The predicted molar refractivity (Wildman–Crippen MR) is 124 cm³/mol. The minimum absolute atomic E-state index is 0.183. The lowest BCUT2D eigenvalue weighted by molar-refractivity contribution is -0.385. The van der Waals surface area contributed by atoms with Gasteiger partial charge in [-0.15, -0.1) is 0 Å². The van der Waals surface area contributed by atoms with Gasteiger partial charge in [-0.05, 0) is 55.5 Å². The smallest absolute Gasteiger partial charge is 0.273 e. The molecule has 0 saturated heterocycles. The maximum atomic E-state index is 12.6. The first kappa shape index (κ1) is 23.4. The number of hydrogen-bond donors (Lipinski definition) is 3. The van der Waals surface area contributed by atoms with Gasteiger partial charge in [-0.1, -0.05) is 12.1 Å². The highest BCUT2D eigenvalue weighted by Gasteiger charge is 2.20. The Morgan fingerprint density at radius 2 is 1.52 bits per heavy atom. The monoisotopic (exact) mass is 468 g/mol. The van der Waals surface area contributed by atoms with E-state index < -0.39 is 20.9 Å². The lowest BCUT2D eigenvalue weighted by Crippen LogP contribution is -2.14. The van der Waals surface area contributed by atoms with E-state index in [-0.39, 0.29) is 27.7 Å². The van der Waals surface area contributed by atoms with Crippen LogP contribution in [0.15, 0.2) is 71.6 Å². The van der Waals surface area contributed by atoms with Gasteiger partial charge in [-0.2, -0.15) is 0 Å². The highest BCUT2D eigenvalue weighted by Crippen LogP contribution is 2.24. The van der Waals surface area contributed by atoms with Crippen molar-refractivity contribution < 1.29 is 22.9 Å². The highest BCUT2D eigenvalue weighted by molar-refractivity contribution is 7.92. The van der Waals surface area contributed by atoms with Gasteiger partial charge in [0.2, 0.25) is 5.91 Å². The Kier molecular flexibility index (Phi) is 6.73. The molecule has 0 aliphatic rings. The van der Waals surface area contributed by atoms with Crippen LogP contribution in [0.3, 0.4) is 0 Å². The van der Waals surface area contributed by atoms with Gasteiger partial charge in [0.25, 0.3) is 21.6 Å². The molecule has 0 heterocycles. The van der Waals surface area contributed by atoms with Crippen LogP contribution < -0.4 is 15.4 Å². The van der Waals surface area contributed by atoms with E-state index in [1.807, 2.05) is 0 Å². The molecule has 33 heavy (non-hydrogen) atoms. The summed E-state index contributed by atoms with van der Waals surface area (Å²) in [4.78, 5) is 33.9. The lowest BCUT2D eigenvalue weighted by atomic mass is 10.2. The Balaban J connectivity index is 1.72. The number of benzene rings is 3. The first-order chi connectivity index (χ1) is 15.5. The van der Waals surface area contributed by atoms with Crippen LogP contribution in [0.5, 0.6) is 0 Å². The van der Waals surface area contributed by atoms with Crippen molar-refractivity contribution >= 4 is 44.6 Å². The second kappa shape index (κ2) is 9.49. The Hall–Kier alpha value is -4.25. The van der Waals surface area contributed by atoms with E-state index in [4.69, 9.17) is 0 Å². The molecular formula is C22H20N4O6S. The fraction of sp³-hybridized carbons (Fsp3) is 0.0909. The number of nitrogens with one attached hydrogen (secondary N) is 3. The molecule has 3 N–H and O–H groups in total. The molecule has 170 valence electrons. The topological polar surface area (TPSA) is 148 Å². The van der Waals surface area contributed by atoms with Gasteiger partial charge in [0.05, 0.1) is 9.82 Å². The number of rotatable bonds is 7. The summed E-state index contributed by atoms with van der Waals surface area (Å²) in [5.74, 6) is -0.671. The van der Waals surface area contributed by atoms with Crippen molar-refractivity contribution in [1.29, 1.82) is 0 Å². The summed E-state index contributed by atoms with van der Waals surface area (Å²) in [6.45, 7) is 2.89. The highest BCUT2D eigenvalue weighted by atomic mass is 32.2. The van der Waals surface area contributed by atoms with E-state index in [1.54, 1.807) is 24.3 Å². The predicted octanol–water partition coefficient (Wildman–Crippen LogP) is 3.91. The van der Waals surface area contributed by atoms with Crippen molar-refractivity contribution in [2.75, 3.05) is 15.4 Å². The molecule has 3 rings (SSSR count). The third-order valence-electron chi connectivity index (χ3n) is 4.53. The number of nitro benzene ring substituents is 1. The van der Waals surface area contributed by atoms with Crippen LogP contribution in [-0.2, 0) is 14.8 Å². The third-order valence-corrected chi connectivity index (χ3v) is 5.91. The van der Waals surface area contributed by atoms with E-state index in [0.29, 0.717) is 16.9 Å². The molecule has 0 unspecified atom stereocenters. The summed E-state index contributed by atoms with van der Waals surface area (Å²) in [5, 5.41) is 16.4. The summed E-state index contributed by atoms with van der Waals surface area (Å²) >= 11 is 0. The first-order valence-corrected chi connectivity index (χ1v) is 11.1. The molecule has 0 fully saturated rings. The second-order valence-corrected chi connectivity index (χ2v) is 8.79. The quantitative estimate of drug-likeness (QED) is 0.354. The van der Waals surface area contributed by atoms with E-state index in [2.05, 4.69) is 15.4 Å². The Labute approximate surface area is 189 Å². The van der Waals surface area contributed by atoms with Crippen LogP contribution >= 0.6 is 0 Å². The molecular weight excluding hydrogens is 448 g/mol. The molecule has 0 aliphatic heterocycles. The van der Waals surface area contributed by atoms with E-state index in [0.717, 1.165) is 6.07 Å². The summed E-state index contributed by atoms with van der Waals surface area (Å²) in [6, 6.07) is 15.9. The molecule has 0 bridgehead atoms. The molecule has 0 spiro atoms. The molecule has 3 aromatic carbocycles. The Morgan fingerprint density at radius 1 is 0.879 bits per heavy atom. The van der Waals surface area contributed by atoms with Gasteiger partial charge in [0.1, 0.15) is 0 Å². The number of carbonyl (C=O) groups excluding carboxylic acids is 2. The number of amides is 2. The molecule has 0 radical (unpaired) electrons. The van der Waals surface area contributed by atoms with Crippen molar-refractivity contribution in [3.8, 4) is 0 Å². The van der Waals surface area contributed by atoms with Gasteiger partial charge in [0.15, 0.2) is 0 Å². The Bertz CT molecular complexity index is 1340. The average Bonchev–Trinajstić information content (AvgIpc) is 2.73. The number of nitro groups is 1. The standard InChI is InChI=1S/C22H20N4O6S/c1-14-6-11-20(13-21(14)26(29)30)33(31,32)25-17-9-7-16(8-10-17)22(28)24-19-5-3-4-18(12-19)23-15(2)27/h3-13,25H,1-2H3,(H,23,27)(H,24,28). The largest absolute Gasteiger partial charge is 0.326 e. The summed E-state index contributed by atoms with van der Waals surface area (Å²) < 4.78 is 27.6. The van der Waals surface area contributed by atoms with Gasteiger partial charge in [-0.25, -0.2) is 8.42 Å². The maximum Gasteiger partial charge on any atom is 0.273 e. The fourth-order valence-electron chi connectivity index (χ4n) is 2.94. The molecule has 0 atom stereocenters. The summed E-state index contributed by atoms with van der Waals surface area (Å²) in [7, 11) is -4.07. The van der Waals surface area contributed by atoms with Crippen LogP contribution in [0.2, 0.25) is 0 Å². The average molecular weight is 468 g/mol. The maximum absolute atomic E-state index is 12.6. The van der Waals surface area contributed by atoms with Crippen LogP contribution in [0, 0.1) is 17.0 Å². The van der Waals surface area contributed by atoms with E-state index >= 15 is 0 Å². The van der Waals surface area contributed by atoms with Crippen molar-refractivity contribution in [3.05, 3.63) is 88.0 Å². The number of hydrogen-bond acceptors (Lipinski definition) is 6. The number of anilines is 3. The van der Waals surface area contributed by atoms with E-state index in [1.165, 1.54) is 50.2 Å². The van der Waals surface area contributed by atoms with Crippen molar-refractivity contribution in [2.45, 2.75) is 18.7 Å². The van der Waals surface area contributed by atoms with Crippen molar-refractivity contribution in [2.24, 2.45) is 0 Å². The molecule has 10 nitrogen and oxygen atoms in total. The van der Waals surface area contributed by atoms with E-state index in [9.17, 15) is 28.1 Å². The van der Waals surface area contributed by atoms with Crippen LogP contribution in [-0.4, -0.2) is 25.2 Å². The Morgan fingerprint density at radius 3 is 2.12 bits per heavy atom. The minimum Gasteiger partial charge on any atom is -0.326 e. The van der Waals surface area contributed by atoms with Crippen molar-refractivity contribution in [3.63, 3.8) is 0 Å². The molecule has 3 aromatic rings. The van der Waals surface area contributed by atoms with Gasteiger partial charge < -0.3 is 10.6 Å². The fourth-order valence-corrected chi connectivity index (χ4v) is 4.02. The zero-order chi connectivity index (χ0) is 24.2.